The fraction of sp³-hybridized carbons (Fsp3) is 0.429. The first-order valence-corrected chi connectivity index (χ1v) is 3.69. The van der Waals surface area contributed by atoms with Crippen LogP contribution in [0.5, 0.6) is 0 Å². The Labute approximate surface area is 73.2 Å². The minimum atomic E-state index is -1.54. The number of nitrogens with one attached hydrogen (secondary N) is 1. The minimum absolute atomic E-state index is 0.0304. The zero-order chi connectivity index (χ0) is 9.69. The molecule has 2 aliphatic rings. The van der Waals surface area contributed by atoms with E-state index >= 15 is 0 Å². The van der Waals surface area contributed by atoms with Crippen molar-refractivity contribution in [1.82, 2.24) is 5.32 Å². The van der Waals surface area contributed by atoms with Gasteiger partial charge in [-0.1, -0.05) is 0 Å². The summed E-state index contributed by atoms with van der Waals surface area (Å²) < 4.78 is 0. The molecule has 6 heteroatoms. The summed E-state index contributed by atoms with van der Waals surface area (Å²) in [5.41, 5.74) is -3.00. The van der Waals surface area contributed by atoms with Crippen LogP contribution in [0.2, 0.25) is 0 Å². The number of rotatable bonds is 1. The highest BCUT2D eigenvalue weighted by atomic mass is 16.4. The van der Waals surface area contributed by atoms with E-state index in [9.17, 15) is 15.0 Å². The summed E-state index contributed by atoms with van der Waals surface area (Å²) in [5.74, 6) is 0. The van der Waals surface area contributed by atoms with Crippen LogP contribution in [0.3, 0.4) is 0 Å². The van der Waals surface area contributed by atoms with E-state index in [1.54, 1.807) is 0 Å². The smallest absolute Gasteiger partial charge is 0.408 e. The molecule has 4 N–H and O–H groups in total. The van der Waals surface area contributed by atoms with Crippen LogP contribution in [0, 0.1) is 0 Å². The number of carbonyl (C=O) groups is 1. The molecule has 0 spiro atoms. The molecule has 0 saturated heterocycles. The van der Waals surface area contributed by atoms with Crippen molar-refractivity contribution in [2.45, 2.75) is 17.7 Å². The Bertz CT molecular complexity index is 337. The molecule has 1 fully saturated rings. The maximum Gasteiger partial charge on any atom is 0.408 e. The van der Waals surface area contributed by atoms with Gasteiger partial charge in [0, 0.05) is 12.6 Å². The Balaban J connectivity index is 2.25. The first-order valence-electron chi connectivity index (χ1n) is 3.69. The van der Waals surface area contributed by atoms with Gasteiger partial charge in [0.1, 0.15) is 0 Å². The number of nitrogens with zero attached hydrogens (tertiary/aromatic N) is 1. The third-order valence-corrected chi connectivity index (χ3v) is 2.26. The van der Waals surface area contributed by atoms with Gasteiger partial charge in [0.2, 0.25) is 0 Å². The van der Waals surface area contributed by atoms with Crippen LogP contribution >= 0.6 is 0 Å². The van der Waals surface area contributed by atoms with Gasteiger partial charge in [0.15, 0.2) is 11.3 Å². The molecule has 2 atom stereocenters. The molecule has 0 aromatic heterocycles. The maximum absolute atomic E-state index is 10.3. The molecule has 13 heavy (non-hydrogen) atoms. The Hall–Kier alpha value is -1.40. The summed E-state index contributed by atoms with van der Waals surface area (Å²) in [6, 6.07) is 0. The third-order valence-electron chi connectivity index (χ3n) is 2.26. The van der Waals surface area contributed by atoms with Gasteiger partial charge in [-0.05, 0) is 6.08 Å². The summed E-state index contributed by atoms with van der Waals surface area (Å²) in [4.78, 5) is 13.9. The van der Waals surface area contributed by atoms with E-state index in [0.29, 0.717) is 0 Å². The summed E-state index contributed by atoms with van der Waals surface area (Å²) in [6.07, 6.45) is 1.36. The first-order chi connectivity index (χ1) is 5.98. The quantitative estimate of drug-likeness (QED) is 0.421. The second-order valence-corrected chi connectivity index (χ2v) is 3.14. The number of fused-ring (bicyclic) bond motifs is 1. The SMILES string of the molecule is O=C(O)NC1=CC=NC2(O)CC12O. The van der Waals surface area contributed by atoms with E-state index in [1.807, 2.05) is 5.32 Å². The first kappa shape index (κ1) is 8.21. The van der Waals surface area contributed by atoms with E-state index in [0.717, 1.165) is 0 Å². The van der Waals surface area contributed by atoms with Crippen LogP contribution in [0.15, 0.2) is 16.8 Å². The van der Waals surface area contributed by atoms with Crippen LogP contribution in [0.1, 0.15) is 6.42 Å². The van der Waals surface area contributed by atoms with Gasteiger partial charge in [0.05, 0.1) is 5.70 Å². The van der Waals surface area contributed by atoms with Crippen molar-refractivity contribution in [3.05, 3.63) is 11.8 Å². The van der Waals surface area contributed by atoms with E-state index in [1.165, 1.54) is 12.3 Å². The number of hydrogen-bond donors (Lipinski definition) is 4. The van der Waals surface area contributed by atoms with Gasteiger partial charge in [-0.15, -0.1) is 0 Å². The van der Waals surface area contributed by atoms with Gasteiger partial charge in [-0.25, -0.2) is 4.79 Å². The van der Waals surface area contributed by atoms with Crippen molar-refractivity contribution in [2.75, 3.05) is 0 Å². The normalized spacial score (nSPS) is 40.6. The van der Waals surface area contributed by atoms with Crippen molar-refractivity contribution in [3.63, 3.8) is 0 Å². The van der Waals surface area contributed by atoms with Crippen LogP contribution in [-0.2, 0) is 0 Å². The largest absolute Gasteiger partial charge is 0.465 e. The molecule has 0 bridgehead atoms. The molecule has 0 radical (unpaired) electrons. The maximum atomic E-state index is 10.3. The van der Waals surface area contributed by atoms with E-state index in [-0.39, 0.29) is 12.1 Å². The molecule has 1 aliphatic carbocycles. The third kappa shape index (κ3) is 0.958. The number of dihydropyridines is 1. The second-order valence-electron chi connectivity index (χ2n) is 3.14. The summed E-state index contributed by atoms with van der Waals surface area (Å²) in [5, 5.41) is 29.6. The topological polar surface area (TPSA) is 102 Å². The van der Waals surface area contributed by atoms with Gasteiger partial charge in [-0.3, -0.25) is 10.3 Å². The summed E-state index contributed by atoms with van der Waals surface area (Å²) in [7, 11) is 0. The second kappa shape index (κ2) is 2.09. The predicted molar refractivity (Wildman–Crippen MR) is 42.3 cm³/mol. The summed E-state index contributed by atoms with van der Waals surface area (Å²) >= 11 is 0. The van der Waals surface area contributed by atoms with Gasteiger partial charge in [-0.2, -0.15) is 0 Å². The van der Waals surface area contributed by atoms with Crippen molar-refractivity contribution in [1.29, 1.82) is 0 Å². The van der Waals surface area contributed by atoms with Gasteiger partial charge >= 0.3 is 6.09 Å². The lowest BCUT2D eigenvalue weighted by Gasteiger charge is -2.18. The van der Waals surface area contributed by atoms with Gasteiger partial charge < -0.3 is 15.3 Å². The number of aliphatic hydroxyl groups is 2. The fourth-order valence-electron chi connectivity index (χ4n) is 1.41. The molecule has 2 unspecified atom stereocenters. The average Bonchev–Trinajstić information content (AvgIpc) is 2.54. The fourth-order valence-corrected chi connectivity index (χ4v) is 1.41. The lowest BCUT2D eigenvalue weighted by molar-refractivity contribution is 0.0430. The zero-order valence-corrected chi connectivity index (χ0v) is 6.56. The number of hydrogen-bond acceptors (Lipinski definition) is 4. The molecule has 1 amide bonds. The molecular weight excluding hydrogens is 176 g/mol. The van der Waals surface area contributed by atoms with Gasteiger partial charge in [0.25, 0.3) is 0 Å². The Kier molecular flexibility index (Phi) is 1.32. The van der Waals surface area contributed by atoms with Crippen LogP contribution in [0.4, 0.5) is 4.79 Å². The van der Waals surface area contributed by atoms with Crippen molar-refractivity contribution in [3.8, 4) is 0 Å². The predicted octanol–water partition coefficient (Wildman–Crippen LogP) is -0.954. The number of aliphatic imine (C=N–C) groups is 1. The molecule has 1 aliphatic heterocycles. The zero-order valence-electron chi connectivity index (χ0n) is 6.56. The monoisotopic (exact) mass is 184 g/mol. The highest BCUT2D eigenvalue weighted by Crippen LogP contribution is 2.53. The molecular formula is C7H8N2O4. The lowest BCUT2D eigenvalue weighted by Crippen LogP contribution is -2.37. The van der Waals surface area contributed by atoms with Crippen molar-refractivity contribution < 1.29 is 20.1 Å². The number of carboxylic acid groups (broad SMARTS) is 1. The average molecular weight is 184 g/mol. The molecule has 0 aromatic carbocycles. The molecule has 2 rings (SSSR count). The Morgan fingerprint density at radius 3 is 2.92 bits per heavy atom. The van der Waals surface area contributed by atoms with E-state index in [4.69, 9.17) is 5.11 Å². The molecule has 1 saturated carbocycles. The van der Waals surface area contributed by atoms with Crippen LogP contribution in [-0.4, -0.2) is 39.0 Å². The summed E-state index contributed by atoms with van der Waals surface area (Å²) in [6.45, 7) is 0. The Morgan fingerprint density at radius 1 is 1.62 bits per heavy atom. The van der Waals surface area contributed by atoms with Crippen LogP contribution in [0.25, 0.3) is 0 Å². The van der Waals surface area contributed by atoms with Crippen molar-refractivity contribution >= 4 is 12.3 Å². The lowest BCUT2D eigenvalue weighted by atomic mass is 10.1. The van der Waals surface area contributed by atoms with Crippen molar-refractivity contribution in [2.24, 2.45) is 4.99 Å². The highest BCUT2D eigenvalue weighted by Gasteiger charge is 2.70. The molecule has 1 heterocycles. The highest BCUT2D eigenvalue weighted by molar-refractivity contribution is 5.79. The van der Waals surface area contributed by atoms with E-state index < -0.39 is 17.4 Å². The molecule has 6 nitrogen and oxygen atoms in total. The number of amides is 1. The number of allylic oxidation sites excluding steroid dienone is 1. The van der Waals surface area contributed by atoms with E-state index in [2.05, 4.69) is 4.99 Å². The molecule has 70 valence electrons. The molecule has 0 aromatic rings. The Morgan fingerprint density at radius 2 is 2.31 bits per heavy atom. The minimum Gasteiger partial charge on any atom is -0.465 e. The standard InChI is InChI=1S/C7H8N2O4/c10-5(11)9-4-1-2-8-7(13)3-6(4,7)12/h1-2,9,12-13H,3H2,(H,10,11). The van der Waals surface area contributed by atoms with Crippen LogP contribution < -0.4 is 5.32 Å².